The third-order valence-electron chi connectivity index (χ3n) is 4.25. The molecule has 2 heterocycles. The number of hydrogen-bond donors (Lipinski definition) is 0. The minimum Gasteiger partial charge on any atom is -0.298 e. The van der Waals surface area contributed by atoms with Gasteiger partial charge in [0.05, 0.1) is 33.4 Å². The summed E-state index contributed by atoms with van der Waals surface area (Å²) in [6.07, 6.45) is -4.18. The molecule has 0 amide bonds. The molecule has 0 spiro atoms. The van der Waals surface area contributed by atoms with E-state index in [1.54, 1.807) is 0 Å². The highest BCUT2D eigenvalue weighted by Gasteiger charge is 2.34. The Balaban J connectivity index is 1.83. The molecule has 26 heavy (non-hydrogen) atoms. The predicted molar refractivity (Wildman–Crippen MR) is 89.4 cm³/mol. The molecule has 0 saturated carbocycles. The van der Waals surface area contributed by atoms with E-state index in [0.29, 0.717) is 11.1 Å². The third kappa shape index (κ3) is 3.88. The molecule has 0 aliphatic carbocycles. The van der Waals surface area contributed by atoms with Crippen LogP contribution < -0.4 is 0 Å². The number of aromatic nitrogens is 1. The van der Waals surface area contributed by atoms with Gasteiger partial charge in [-0.3, -0.25) is 4.79 Å². The summed E-state index contributed by atoms with van der Waals surface area (Å²) in [4.78, 5) is 16.5. The number of Topliss-reactive ketones (excluding diaryl/α,β-unsaturated/α-hetero) is 1. The van der Waals surface area contributed by atoms with Crippen LogP contribution >= 0.6 is 11.3 Å². The number of fused-ring (bicyclic) bond motifs is 1. The van der Waals surface area contributed by atoms with E-state index in [0.717, 1.165) is 23.5 Å². The van der Waals surface area contributed by atoms with Crippen LogP contribution in [0.4, 0.5) is 13.2 Å². The van der Waals surface area contributed by atoms with Crippen LogP contribution in [0.1, 0.15) is 29.3 Å². The molecule has 0 N–H and O–H groups in total. The van der Waals surface area contributed by atoms with Crippen molar-refractivity contribution in [1.29, 1.82) is 5.26 Å². The Morgan fingerprint density at radius 2 is 2.15 bits per heavy atom. The highest BCUT2D eigenvalue weighted by molar-refractivity contribution is 7.91. The van der Waals surface area contributed by atoms with Gasteiger partial charge in [0, 0.05) is 6.42 Å². The predicted octanol–water partition coefficient (Wildman–Crippen LogP) is 3.32. The molecule has 10 heteroatoms. The molecule has 0 radical (unpaired) electrons. The lowest BCUT2D eigenvalue weighted by Gasteiger charge is -2.09. The second-order valence-electron chi connectivity index (χ2n) is 6.23. The van der Waals surface area contributed by atoms with E-state index in [2.05, 4.69) is 4.98 Å². The van der Waals surface area contributed by atoms with Gasteiger partial charge in [-0.05, 0) is 30.5 Å². The van der Waals surface area contributed by atoms with Crippen LogP contribution in [0.2, 0.25) is 0 Å². The van der Waals surface area contributed by atoms with Gasteiger partial charge in [-0.2, -0.15) is 18.4 Å². The van der Waals surface area contributed by atoms with Crippen LogP contribution in [0.25, 0.3) is 10.2 Å². The Morgan fingerprint density at radius 1 is 1.42 bits per heavy atom. The van der Waals surface area contributed by atoms with Crippen LogP contribution in [0.5, 0.6) is 0 Å². The van der Waals surface area contributed by atoms with Crippen molar-refractivity contribution in [1.82, 2.24) is 4.98 Å². The highest BCUT2D eigenvalue weighted by Crippen LogP contribution is 2.35. The molecule has 1 aromatic heterocycles. The molecule has 0 bridgehead atoms. The number of nitriles is 1. The van der Waals surface area contributed by atoms with Crippen molar-refractivity contribution in [2.75, 3.05) is 11.5 Å². The number of thiazole rings is 1. The number of sulfone groups is 1. The van der Waals surface area contributed by atoms with Gasteiger partial charge in [-0.15, -0.1) is 11.3 Å². The molecule has 5 nitrogen and oxygen atoms in total. The summed E-state index contributed by atoms with van der Waals surface area (Å²) < 4.78 is 61.8. The first-order chi connectivity index (χ1) is 12.1. The van der Waals surface area contributed by atoms with E-state index >= 15 is 0 Å². The maximum atomic E-state index is 12.8. The standard InChI is InChI=1S/C16H13F3N2O3S2/c17-16(18,19)10-1-2-14-12(6-10)21-15(25-14)11(7-20)13(22)5-9-3-4-26(23,24)8-9/h1-2,6,9,11H,3-5,8H2/t9-,11-/m0/s1. The van der Waals surface area contributed by atoms with E-state index in [9.17, 15) is 31.6 Å². The first-order valence-corrected chi connectivity index (χ1v) is 10.3. The van der Waals surface area contributed by atoms with Crippen LogP contribution in [-0.4, -0.2) is 30.7 Å². The topological polar surface area (TPSA) is 87.9 Å². The van der Waals surface area contributed by atoms with Crippen LogP contribution in [0, 0.1) is 17.2 Å². The summed E-state index contributed by atoms with van der Waals surface area (Å²) in [5.74, 6) is -2.03. The number of hydrogen-bond acceptors (Lipinski definition) is 6. The van der Waals surface area contributed by atoms with Crippen LogP contribution in [-0.2, 0) is 20.8 Å². The second kappa shape index (κ2) is 6.63. The largest absolute Gasteiger partial charge is 0.416 e. The average Bonchev–Trinajstić information content (AvgIpc) is 3.09. The number of benzene rings is 1. The smallest absolute Gasteiger partial charge is 0.298 e. The number of nitrogens with zero attached hydrogens (tertiary/aromatic N) is 2. The van der Waals surface area contributed by atoms with E-state index in [1.807, 2.05) is 6.07 Å². The SMILES string of the molecule is N#C[C@@H](C(=O)C[C@@H]1CCS(=O)(=O)C1)c1nc2cc(C(F)(F)F)ccc2s1. The Kier molecular flexibility index (Phi) is 4.79. The van der Waals surface area contributed by atoms with Gasteiger partial charge in [-0.1, -0.05) is 0 Å². The van der Waals surface area contributed by atoms with Gasteiger partial charge in [0.1, 0.15) is 5.01 Å². The van der Waals surface area contributed by atoms with Crippen molar-refractivity contribution < 1.29 is 26.4 Å². The summed E-state index contributed by atoms with van der Waals surface area (Å²) in [5.41, 5.74) is -0.769. The quantitative estimate of drug-likeness (QED) is 0.783. The fraction of sp³-hybridized carbons (Fsp3) is 0.438. The second-order valence-corrected chi connectivity index (χ2v) is 9.52. The average molecular weight is 402 g/mol. The van der Waals surface area contributed by atoms with Crippen LogP contribution in [0.15, 0.2) is 18.2 Å². The summed E-state index contributed by atoms with van der Waals surface area (Å²) >= 11 is 0.995. The van der Waals surface area contributed by atoms with Crippen molar-refractivity contribution in [3.8, 4) is 6.07 Å². The van der Waals surface area contributed by atoms with Gasteiger partial charge in [0.2, 0.25) is 0 Å². The fourth-order valence-corrected chi connectivity index (χ4v) is 5.82. The minimum absolute atomic E-state index is 0.0313. The molecule has 138 valence electrons. The lowest BCUT2D eigenvalue weighted by molar-refractivity contribution is -0.137. The molecular weight excluding hydrogens is 389 g/mol. The van der Waals surface area contributed by atoms with Gasteiger partial charge >= 0.3 is 6.18 Å². The highest BCUT2D eigenvalue weighted by atomic mass is 32.2. The first-order valence-electron chi connectivity index (χ1n) is 7.69. The molecule has 0 unspecified atom stereocenters. The van der Waals surface area contributed by atoms with Crippen LogP contribution in [0.3, 0.4) is 0 Å². The van der Waals surface area contributed by atoms with E-state index in [1.165, 1.54) is 6.07 Å². The lowest BCUT2D eigenvalue weighted by Crippen LogP contribution is -2.16. The van der Waals surface area contributed by atoms with Crippen molar-refractivity contribution in [3.05, 3.63) is 28.8 Å². The molecule has 1 aromatic carbocycles. The number of alkyl halides is 3. The van der Waals surface area contributed by atoms with E-state index in [-0.39, 0.29) is 34.4 Å². The third-order valence-corrected chi connectivity index (χ3v) is 7.18. The summed E-state index contributed by atoms with van der Waals surface area (Å²) in [6, 6.07) is 4.93. The summed E-state index contributed by atoms with van der Waals surface area (Å²) in [5, 5.41) is 9.47. The number of carbonyl (C=O) groups is 1. The van der Waals surface area contributed by atoms with Crippen molar-refractivity contribution >= 4 is 37.2 Å². The molecule has 1 aliphatic heterocycles. The Bertz CT molecular complexity index is 1010. The minimum atomic E-state index is -4.50. The monoisotopic (exact) mass is 402 g/mol. The van der Waals surface area contributed by atoms with Crippen molar-refractivity contribution in [3.63, 3.8) is 0 Å². The Labute approximate surface area is 151 Å². The zero-order valence-corrected chi connectivity index (χ0v) is 14.9. The molecule has 2 atom stereocenters. The van der Waals surface area contributed by atoms with Gasteiger partial charge in [-0.25, -0.2) is 13.4 Å². The molecule has 1 saturated heterocycles. The number of carbonyl (C=O) groups excluding carboxylic acids is 1. The maximum absolute atomic E-state index is 12.8. The number of halogens is 3. The summed E-state index contributed by atoms with van der Waals surface area (Å²) in [7, 11) is -3.13. The molecule has 3 rings (SSSR count). The zero-order valence-electron chi connectivity index (χ0n) is 13.3. The fourth-order valence-electron chi connectivity index (χ4n) is 2.95. The first kappa shape index (κ1) is 18.8. The Morgan fingerprint density at radius 3 is 2.73 bits per heavy atom. The zero-order chi connectivity index (χ0) is 19.1. The van der Waals surface area contributed by atoms with Gasteiger partial charge < -0.3 is 0 Å². The normalized spacial score (nSPS) is 20.8. The number of ketones is 1. The van der Waals surface area contributed by atoms with Crippen molar-refractivity contribution in [2.45, 2.75) is 24.9 Å². The maximum Gasteiger partial charge on any atom is 0.416 e. The van der Waals surface area contributed by atoms with Gasteiger partial charge in [0.15, 0.2) is 21.5 Å². The molecule has 2 aromatic rings. The molecule has 1 aliphatic rings. The lowest BCUT2D eigenvalue weighted by atomic mass is 9.95. The van der Waals surface area contributed by atoms with E-state index < -0.39 is 33.3 Å². The van der Waals surface area contributed by atoms with Gasteiger partial charge in [0.25, 0.3) is 0 Å². The summed E-state index contributed by atoms with van der Waals surface area (Å²) in [6.45, 7) is 0. The van der Waals surface area contributed by atoms with E-state index in [4.69, 9.17) is 0 Å². The molecule has 1 fully saturated rings. The number of rotatable bonds is 4. The van der Waals surface area contributed by atoms with Crippen molar-refractivity contribution in [2.24, 2.45) is 5.92 Å². The Hall–Kier alpha value is -1.99. The molecular formula is C16H13F3N2O3S2.